The summed E-state index contributed by atoms with van der Waals surface area (Å²) in [7, 11) is 0. The second-order valence-corrected chi connectivity index (χ2v) is 5.80. The van der Waals surface area contributed by atoms with Crippen molar-refractivity contribution in [2.45, 2.75) is 32.9 Å². The van der Waals surface area contributed by atoms with Gasteiger partial charge in [0, 0.05) is 30.8 Å². The van der Waals surface area contributed by atoms with Gasteiger partial charge in [0.15, 0.2) is 12.4 Å². The molecule has 2 aromatic rings. The molecule has 0 fully saturated rings. The second-order valence-electron chi connectivity index (χ2n) is 5.80. The van der Waals surface area contributed by atoms with E-state index < -0.39 is 11.7 Å². The molecule has 0 atom stereocenters. The van der Waals surface area contributed by atoms with E-state index in [0.717, 1.165) is 11.3 Å². The van der Waals surface area contributed by atoms with E-state index in [1.165, 1.54) is 0 Å². The van der Waals surface area contributed by atoms with Gasteiger partial charge in [0.2, 0.25) is 5.69 Å². The number of hydrogen-bond acceptors (Lipinski definition) is 2. The van der Waals surface area contributed by atoms with Gasteiger partial charge in [-0.25, -0.2) is 4.79 Å². The molecule has 1 aromatic heterocycles. The minimum absolute atomic E-state index is 0. The Morgan fingerprint density at radius 1 is 1.09 bits per heavy atom. The van der Waals surface area contributed by atoms with Crippen molar-refractivity contribution in [3.63, 3.8) is 0 Å². The minimum atomic E-state index is -0.474. The van der Waals surface area contributed by atoms with Crippen LogP contribution < -0.4 is 22.3 Å². The lowest BCUT2D eigenvalue weighted by molar-refractivity contribution is -0.595. The van der Waals surface area contributed by atoms with Crippen LogP contribution in [0.15, 0.2) is 54.9 Å². The van der Waals surface area contributed by atoms with Crippen molar-refractivity contribution in [1.82, 2.24) is 5.32 Å². The van der Waals surface area contributed by atoms with Crippen molar-refractivity contribution in [1.29, 1.82) is 0 Å². The Balaban J connectivity index is 0.00000242. The van der Waals surface area contributed by atoms with Gasteiger partial charge in [0.1, 0.15) is 5.60 Å². The standard InChI is InChI=1S/C17H20N2O2.ClH/c1-17(2,3)21-16(20)18-13-14-7-9-15(10-8-14)19-11-5-4-6-12-19;/h4-12H,13H2,1-3H3;1H. The van der Waals surface area contributed by atoms with E-state index in [-0.39, 0.29) is 12.4 Å². The van der Waals surface area contributed by atoms with Crippen LogP contribution in [0, 0.1) is 0 Å². The highest BCUT2D eigenvalue weighted by molar-refractivity contribution is 5.67. The lowest BCUT2D eigenvalue weighted by Crippen LogP contribution is -3.00. The monoisotopic (exact) mass is 320 g/mol. The zero-order chi connectivity index (χ0) is 15.3. The molecule has 22 heavy (non-hydrogen) atoms. The molecule has 1 heterocycles. The molecular weight excluding hydrogens is 300 g/mol. The Hall–Kier alpha value is -2.07. The zero-order valence-electron chi connectivity index (χ0n) is 13.0. The molecule has 0 aliphatic heterocycles. The van der Waals surface area contributed by atoms with Crippen LogP contribution in [0.3, 0.4) is 0 Å². The van der Waals surface area contributed by atoms with E-state index in [9.17, 15) is 4.79 Å². The largest absolute Gasteiger partial charge is 1.00 e. The summed E-state index contributed by atoms with van der Waals surface area (Å²) in [5.74, 6) is 0. The number of halogens is 1. The summed E-state index contributed by atoms with van der Waals surface area (Å²) in [6, 6.07) is 14.0. The fourth-order valence-electron chi connectivity index (χ4n) is 1.85. The molecule has 0 unspecified atom stereocenters. The number of pyridine rings is 1. The fourth-order valence-corrected chi connectivity index (χ4v) is 1.85. The maximum atomic E-state index is 11.6. The SMILES string of the molecule is CC(C)(C)OC(=O)NCc1ccc(-[n+]2ccccc2)cc1.[Cl-]. The van der Waals surface area contributed by atoms with E-state index in [0.29, 0.717) is 6.54 Å². The highest BCUT2D eigenvalue weighted by Gasteiger charge is 2.15. The molecule has 0 aliphatic carbocycles. The first kappa shape index (κ1) is 18.0. The predicted octanol–water partition coefficient (Wildman–Crippen LogP) is -0.00800. The maximum Gasteiger partial charge on any atom is 0.407 e. The average Bonchev–Trinajstić information content (AvgIpc) is 2.45. The minimum Gasteiger partial charge on any atom is -1.00 e. The third-order valence-corrected chi connectivity index (χ3v) is 2.79. The highest BCUT2D eigenvalue weighted by atomic mass is 35.5. The molecule has 4 nitrogen and oxygen atoms in total. The highest BCUT2D eigenvalue weighted by Crippen LogP contribution is 2.08. The van der Waals surface area contributed by atoms with E-state index in [1.54, 1.807) is 0 Å². The Bertz CT molecular complexity index is 592. The van der Waals surface area contributed by atoms with Gasteiger partial charge in [-0.3, -0.25) is 0 Å². The first-order valence-electron chi connectivity index (χ1n) is 6.96. The molecule has 0 radical (unpaired) electrons. The molecule has 0 spiro atoms. The lowest BCUT2D eigenvalue weighted by Gasteiger charge is -2.19. The van der Waals surface area contributed by atoms with Crippen molar-refractivity contribution in [3.8, 4) is 5.69 Å². The van der Waals surface area contributed by atoms with Crippen molar-refractivity contribution in [2.24, 2.45) is 0 Å². The third kappa shape index (κ3) is 5.74. The molecule has 118 valence electrons. The number of benzene rings is 1. The smallest absolute Gasteiger partial charge is 0.407 e. The molecule has 0 aliphatic rings. The maximum absolute atomic E-state index is 11.6. The van der Waals surface area contributed by atoms with Crippen LogP contribution in [0.1, 0.15) is 26.3 Å². The van der Waals surface area contributed by atoms with Crippen LogP contribution in [0.25, 0.3) is 5.69 Å². The topological polar surface area (TPSA) is 42.2 Å². The Morgan fingerprint density at radius 3 is 2.23 bits per heavy atom. The van der Waals surface area contributed by atoms with Crippen molar-refractivity contribution < 1.29 is 26.5 Å². The van der Waals surface area contributed by atoms with Gasteiger partial charge in [-0.05, 0) is 26.3 Å². The first-order valence-corrected chi connectivity index (χ1v) is 6.96. The van der Waals surface area contributed by atoms with Gasteiger partial charge in [0.25, 0.3) is 0 Å². The Morgan fingerprint density at radius 2 is 1.68 bits per heavy atom. The van der Waals surface area contributed by atoms with Crippen LogP contribution in [0.5, 0.6) is 0 Å². The third-order valence-electron chi connectivity index (χ3n) is 2.79. The van der Waals surface area contributed by atoms with Gasteiger partial charge in [-0.2, -0.15) is 4.57 Å². The molecule has 2 rings (SSSR count). The van der Waals surface area contributed by atoms with Gasteiger partial charge in [-0.1, -0.05) is 18.2 Å². The van der Waals surface area contributed by atoms with Crippen molar-refractivity contribution in [2.75, 3.05) is 0 Å². The van der Waals surface area contributed by atoms with Crippen LogP contribution in [-0.2, 0) is 11.3 Å². The van der Waals surface area contributed by atoms with Gasteiger partial charge in [0.05, 0.1) is 0 Å². The summed E-state index contributed by atoms with van der Waals surface area (Å²) in [4.78, 5) is 11.6. The molecule has 0 saturated carbocycles. The van der Waals surface area contributed by atoms with Crippen LogP contribution in [0.4, 0.5) is 4.79 Å². The van der Waals surface area contributed by atoms with E-state index in [1.807, 2.05) is 80.2 Å². The van der Waals surface area contributed by atoms with E-state index in [2.05, 4.69) is 5.32 Å². The number of nitrogens with zero attached hydrogens (tertiary/aromatic N) is 1. The number of carbonyl (C=O) groups is 1. The van der Waals surface area contributed by atoms with E-state index >= 15 is 0 Å². The number of ether oxygens (including phenoxy) is 1. The van der Waals surface area contributed by atoms with Crippen LogP contribution in [0.2, 0.25) is 0 Å². The molecular formula is C17H21ClN2O2. The molecule has 1 amide bonds. The average molecular weight is 321 g/mol. The van der Waals surface area contributed by atoms with Crippen molar-refractivity contribution >= 4 is 6.09 Å². The molecule has 5 heteroatoms. The zero-order valence-corrected chi connectivity index (χ0v) is 13.8. The quantitative estimate of drug-likeness (QED) is 0.809. The number of rotatable bonds is 3. The number of amides is 1. The second kappa shape index (κ2) is 7.80. The van der Waals surface area contributed by atoms with Crippen LogP contribution >= 0.6 is 0 Å². The summed E-state index contributed by atoms with van der Waals surface area (Å²) in [6.07, 6.45) is 3.59. The number of alkyl carbamates (subject to hydrolysis) is 1. The Labute approximate surface area is 137 Å². The summed E-state index contributed by atoms with van der Waals surface area (Å²) in [6.45, 7) is 5.99. The summed E-state index contributed by atoms with van der Waals surface area (Å²) < 4.78 is 7.23. The van der Waals surface area contributed by atoms with Gasteiger partial charge >= 0.3 is 6.09 Å². The predicted molar refractivity (Wildman–Crippen MR) is 81.0 cm³/mol. The van der Waals surface area contributed by atoms with Crippen LogP contribution in [-0.4, -0.2) is 11.7 Å². The first-order chi connectivity index (χ1) is 9.94. The fraction of sp³-hybridized carbons (Fsp3) is 0.294. The summed E-state index contributed by atoms with van der Waals surface area (Å²) in [5, 5.41) is 2.75. The summed E-state index contributed by atoms with van der Waals surface area (Å²) in [5.41, 5.74) is 1.63. The summed E-state index contributed by atoms with van der Waals surface area (Å²) >= 11 is 0. The molecule has 0 saturated heterocycles. The molecule has 1 N–H and O–H groups in total. The number of aromatic nitrogens is 1. The van der Waals surface area contributed by atoms with E-state index in [4.69, 9.17) is 4.74 Å². The lowest BCUT2D eigenvalue weighted by atomic mass is 10.2. The molecule has 1 aromatic carbocycles. The van der Waals surface area contributed by atoms with Gasteiger partial charge < -0.3 is 22.5 Å². The number of carbonyl (C=O) groups excluding carboxylic acids is 1. The molecule has 0 bridgehead atoms. The number of nitrogens with one attached hydrogen (secondary N) is 1. The number of hydrogen-bond donors (Lipinski definition) is 1. The normalized spacial score (nSPS) is 10.5. The van der Waals surface area contributed by atoms with Crippen molar-refractivity contribution in [3.05, 3.63) is 60.4 Å². The van der Waals surface area contributed by atoms with Gasteiger partial charge in [-0.15, -0.1) is 0 Å². The Kier molecular flexibility index (Phi) is 6.38.